The van der Waals surface area contributed by atoms with Crippen LogP contribution >= 0.6 is 0 Å². The van der Waals surface area contributed by atoms with Crippen molar-refractivity contribution < 1.29 is 14.4 Å². The van der Waals surface area contributed by atoms with Gasteiger partial charge in [-0.3, -0.25) is 19.3 Å². The van der Waals surface area contributed by atoms with Crippen LogP contribution in [0.4, 0.5) is 0 Å². The Morgan fingerprint density at radius 1 is 1.13 bits per heavy atom. The van der Waals surface area contributed by atoms with E-state index in [1.54, 1.807) is 12.1 Å². The highest BCUT2D eigenvalue weighted by molar-refractivity contribution is 6.23. The molecule has 1 saturated heterocycles. The molecule has 120 valence electrons. The highest BCUT2D eigenvalue weighted by Gasteiger charge is 2.44. The molecule has 5 heteroatoms. The predicted octanol–water partition coefficient (Wildman–Crippen LogP) is 2.37. The fourth-order valence-electron chi connectivity index (χ4n) is 3.02. The van der Waals surface area contributed by atoms with E-state index in [0.717, 1.165) is 10.5 Å². The number of nitrogens with zero attached hydrogens (tertiary/aromatic N) is 1. The summed E-state index contributed by atoms with van der Waals surface area (Å²) < 4.78 is 0. The summed E-state index contributed by atoms with van der Waals surface area (Å²) in [6.45, 7) is 9.87. The molecule has 3 amide bonds. The fraction of sp³-hybridized carbons (Fsp3) is 0.389. The van der Waals surface area contributed by atoms with Gasteiger partial charge in [0.2, 0.25) is 5.91 Å². The highest BCUT2D eigenvalue weighted by atomic mass is 16.2. The molecule has 3 rings (SSSR count). The van der Waals surface area contributed by atoms with Gasteiger partial charge in [0, 0.05) is 5.70 Å². The Kier molecular flexibility index (Phi) is 3.39. The van der Waals surface area contributed by atoms with E-state index < -0.39 is 11.9 Å². The first kappa shape index (κ1) is 15.5. The van der Waals surface area contributed by atoms with Crippen LogP contribution in [0.3, 0.4) is 0 Å². The van der Waals surface area contributed by atoms with Crippen molar-refractivity contribution in [2.24, 2.45) is 0 Å². The minimum atomic E-state index is -0.758. The van der Waals surface area contributed by atoms with E-state index in [1.807, 2.05) is 26.8 Å². The normalized spacial score (nSPS) is 21.5. The molecule has 1 aromatic rings. The summed E-state index contributed by atoms with van der Waals surface area (Å²) in [5.74, 6) is -1.12. The van der Waals surface area contributed by atoms with Crippen LogP contribution in [0.1, 0.15) is 59.9 Å². The van der Waals surface area contributed by atoms with E-state index in [9.17, 15) is 14.4 Å². The Hall–Kier alpha value is -2.43. The van der Waals surface area contributed by atoms with Gasteiger partial charge >= 0.3 is 0 Å². The van der Waals surface area contributed by atoms with Crippen LogP contribution in [0.5, 0.6) is 0 Å². The van der Waals surface area contributed by atoms with Crippen molar-refractivity contribution in [1.82, 2.24) is 10.2 Å². The Morgan fingerprint density at radius 2 is 1.78 bits per heavy atom. The van der Waals surface area contributed by atoms with E-state index in [2.05, 4.69) is 11.9 Å². The SMILES string of the molecule is C=C1CC[C@H](N2C(=O)c3ccc(C(C)(C)C)cc3C2=O)C(=O)N1. The summed E-state index contributed by atoms with van der Waals surface area (Å²) in [5.41, 5.74) is 2.25. The average Bonchev–Trinajstić information content (AvgIpc) is 2.71. The van der Waals surface area contributed by atoms with Crippen molar-refractivity contribution in [3.05, 3.63) is 47.2 Å². The molecule has 2 aliphatic rings. The van der Waals surface area contributed by atoms with Crippen LogP contribution in [-0.2, 0) is 10.2 Å². The number of benzene rings is 1. The van der Waals surface area contributed by atoms with Gasteiger partial charge in [-0.1, -0.05) is 33.4 Å². The third-order valence-corrected chi connectivity index (χ3v) is 4.42. The zero-order valence-corrected chi connectivity index (χ0v) is 13.6. The average molecular weight is 312 g/mol. The second-order valence-electron chi connectivity index (χ2n) is 7.14. The van der Waals surface area contributed by atoms with Gasteiger partial charge in [-0.15, -0.1) is 0 Å². The van der Waals surface area contributed by atoms with Crippen molar-refractivity contribution in [3.8, 4) is 0 Å². The second-order valence-corrected chi connectivity index (χ2v) is 7.14. The molecule has 0 aliphatic carbocycles. The number of fused-ring (bicyclic) bond motifs is 1. The van der Waals surface area contributed by atoms with Gasteiger partial charge in [-0.2, -0.15) is 0 Å². The standard InChI is InChI=1S/C18H20N2O3/c1-10-5-8-14(15(21)19-10)20-16(22)12-7-6-11(18(2,3)4)9-13(12)17(20)23/h6-7,9,14H,1,5,8H2,2-4H3,(H,19,21)/t14-/m0/s1. The largest absolute Gasteiger partial charge is 0.329 e. The molecule has 1 fully saturated rings. The van der Waals surface area contributed by atoms with Gasteiger partial charge in [0.25, 0.3) is 11.8 Å². The molecule has 0 aromatic heterocycles. The number of piperidine rings is 1. The van der Waals surface area contributed by atoms with Gasteiger partial charge < -0.3 is 5.32 Å². The van der Waals surface area contributed by atoms with Crippen LogP contribution in [0, 0.1) is 0 Å². The zero-order valence-electron chi connectivity index (χ0n) is 13.6. The monoisotopic (exact) mass is 312 g/mol. The quantitative estimate of drug-likeness (QED) is 0.810. The lowest BCUT2D eigenvalue weighted by atomic mass is 9.85. The van der Waals surface area contributed by atoms with Crippen LogP contribution < -0.4 is 5.32 Å². The number of hydrogen-bond acceptors (Lipinski definition) is 3. The van der Waals surface area contributed by atoms with E-state index in [0.29, 0.717) is 29.7 Å². The van der Waals surface area contributed by atoms with Crippen LogP contribution in [0.15, 0.2) is 30.5 Å². The first-order chi connectivity index (χ1) is 10.7. The fourth-order valence-corrected chi connectivity index (χ4v) is 3.02. The van der Waals surface area contributed by atoms with Crippen molar-refractivity contribution in [3.63, 3.8) is 0 Å². The molecular weight excluding hydrogens is 292 g/mol. The molecule has 0 spiro atoms. The summed E-state index contributed by atoms with van der Waals surface area (Å²) in [7, 11) is 0. The number of imide groups is 1. The van der Waals surface area contributed by atoms with Crippen molar-refractivity contribution >= 4 is 17.7 Å². The number of nitrogens with one attached hydrogen (secondary N) is 1. The van der Waals surface area contributed by atoms with Crippen LogP contribution in [0.25, 0.3) is 0 Å². The van der Waals surface area contributed by atoms with Gasteiger partial charge in [0.15, 0.2) is 0 Å². The molecule has 0 saturated carbocycles. The summed E-state index contributed by atoms with van der Waals surface area (Å²) >= 11 is 0. The lowest BCUT2D eigenvalue weighted by Crippen LogP contribution is -2.51. The molecule has 5 nitrogen and oxygen atoms in total. The molecule has 1 aromatic carbocycles. The number of rotatable bonds is 1. The Labute approximate surface area is 135 Å². The number of carbonyl (C=O) groups excluding carboxylic acids is 3. The topological polar surface area (TPSA) is 66.5 Å². The Bertz CT molecular complexity index is 743. The molecule has 1 atom stereocenters. The summed E-state index contributed by atoms with van der Waals surface area (Å²) in [4.78, 5) is 38.6. The predicted molar refractivity (Wildman–Crippen MR) is 85.9 cm³/mol. The van der Waals surface area contributed by atoms with E-state index >= 15 is 0 Å². The lowest BCUT2D eigenvalue weighted by Gasteiger charge is -2.29. The first-order valence-corrected chi connectivity index (χ1v) is 7.71. The van der Waals surface area contributed by atoms with Crippen molar-refractivity contribution in [2.45, 2.75) is 45.1 Å². The molecule has 2 aliphatic heterocycles. The lowest BCUT2D eigenvalue weighted by molar-refractivity contribution is -0.125. The van der Waals surface area contributed by atoms with E-state index in [1.165, 1.54) is 0 Å². The molecule has 0 unspecified atom stereocenters. The van der Waals surface area contributed by atoms with Gasteiger partial charge in [-0.05, 0) is 36.0 Å². The second kappa shape index (κ2) is 5.05. The highest BCUT2D eigenvalue weighted by Crippen LogP contribution is 2.32. The Morgan fingerprint density at radius 3 is 2.39 bits per heavy atom. The maximum atomic E-state index is 12.7. The summed E-state index contributed by atoms with van der Waals surface area (Å²) in [5, 5.41) is 2.63. The van der Waals surface area contributed by atoms with Crippen molar-refractivity contribution in [2.75, 3.05) is 0 Å². The summed E-state index contributed by atoms with van der Waals surface area (Å²) in [6.07, 6.45) is 0.985. The molecule has 0 bridgehead atoms. The number of amides is 3. The van der Waals surface area contributed by atoms with Crippen LogP contribution in [0.2, 0.25) is 0 Å². The number of carbonyl (C=O) groups is 3. The molecule has 2 heterocycles. The minimum absolute atomic E-state index is 0.119. The molecule has 0 radical (unpaired) electrons. The molecule has 1 N–H and O–H groups in total. The van der Waals surface area contributed by atoms with E-state index in [-0.39, 0.29) is 17.2 Å². The third kappa shape index (κ3) is 2.46. The van der Waals surface area contributed by atoms with Crippen LogP contribution in [-0.4, -0.2) is 28.7 Å². The molecular formula is C18H20N2O3. The van der Waals surface area contributed by atoms with Crippen molar-refractivity contribution in [1.29, 1.82) is 0 Å². The van der Waals surface area contributed by atoms with Gasteiger partial charge in [-0.25, -0.2) is 0 Å². The molecule has 23 heavy (non-hydrogen) atoms. The zero-order chi connectivity index (χ0) is 16.9. The smallest absolute Gasteiger partial charge is 0.262 e. The Balaban J connectivity index is 1.98. The van der Waals surface area contributed by atoms with E-state index in [4.69, 9.17) is 0 Å². The maximum Gasteiger partial charge on any atom is 0.262 e. The van der Waals surface area contributed by atoms with Gasteiger partial charge in [0.05, 0.1) is 11.1 Å². The third-order valence-electron chi connectivity index (χ3n) is 4.42. The summed E-state index contributed by atoms with van der Waals surface area (Å²) in [6, 6.07) is 4.58. The number of allylic oxidation sites excluding steroid dienone is 1. The maximum absolute atomic E-state index is 12.7. The number of hydrogen-bond donors (Lipinski definition) is 1. The first-order valence-electron chi connectivity index (χ1n) is 7.71. The minimum Gasteiger partial charge on any atom is -0.329 e. The van der Waals surface area contributed by atoms with Gasteiger partial charge in [0.1, 0.15) is 6.04 Å².